The van der Waals surface area contributed by atoms with Gasteiger partial charge in [0.15, 0.2) is 0 Å². The van der Waals surface area contributed by atoms with Crippen molar-refractivity contribution in [2.24, 2.45) is 0 Å². The van der Waals surface area contributed by atoms with Crippen molar-refractivity contribution in [2.75, 3.05) is 62.4 Å². The molecule has 0 unspecified atom stereocenters. The number of piperazine rings is 1. The lowest BCUT2D eigenvalue weighted by Crippen LogP contribution is -2.49. The number of anilines is 2. The summed E-state index contributed by atoms with van der Waals surface area (Å²) in [5.74, 6) is -0.556. The monoisotopic (exact) mass is 448 g/mol. The maximum absolute atomic E-state index is 13.9. The number of amides is 1. The number of para-hydroxylation sites is 1. The van der Waals surface area contributed by atoms with Crippen LogP contribution in [-0.2, 0) is 10.0 Å². The van der Waals surface area contributed by atoms with E-state index in [4.69, 9.17) is 0 Å². The predicted molar refractivity (Wildman–Crippen MR) is 122 cm³/mol. The Bertz CT molecular complexity index is 988. The van der Waals surface area contributed by atoms with E-state index >= 15 is 0 Å². The topological polar surface area (TPSA) is 73.0 Å². The van der Waals surface area contributed by atoms with E-state index in [0.29, 0.717) is 43.9 Å². The van der Waals surface area contributed by atoms with Gasteiger partial charge in [-0.25, -0.2) is 12.8 Å². The van der Waals surface area contributed by atoms with Crippen molar-refractivity contribution in [3.05, 3.63) is 59.9 Å². The Kier molecular flexibility index (Phi) is 7.50. The van der Waals surface area contributed by atoms with Gasteiger partial charge in [-0.1, -0.05) is 12.1 Å². The standard InChI is InChI=1S/C22H29FN4O3S/c1-25(2)19-10-8-18(9-11-19)22(28)24-12-5-17-31(29,30)27-15-13-26(14-16-27)21-7-4-3-6-20(21)23/h3-4,6-11H,5,12-17H2,1-2H3,(H,24,28). The Hall–Kier alpha value is -2.65. The maximum Gasteiger partial charge on any atom is 0.251 e. The molecular weight excluding hydrogens is 419 g/mol. The van der Waals surface area contributed by atoms with E-state index < -0.39 is 10.0 Å². The number of halogens is 1. The average Bonchev–Trinajstić information content (AvgIpc) is 2.77. The first kappa shape index (κ1) is 23.0. The van der Waals surface area contributed by atoms with Crippen molar-refractivity contribution in [2.45, 2.75) is 6.42 Å². The Morgan fingerprint density at radius 3 is 2.29 bits per heavy atom. The summed E-state index contributed by atoms with van der Waals surface area (Å²) in [6.45, 7) is 1.81. The fraction of sp³-hybridized carbons (Fsp3) is 0.409. The van der Waals surface area contributed by atoms with E-state index in [1.54, 1.807) is 30.3 Å². The van der Waals surface area contributed by atoms with Crippen LogP contribution < -0.4 is 15.1 Å². The van der Waals surface area contributed by atoms with Gasteiger partial charge in [-0.05, 0) is 42.8 Å². The Morgan fingerprint density at radius 2 is 1.68 bits per heavy atom. The molecule has 0 atom stereocenters. The van der Waals surface area contributed by atoms with Crippen LogP contribution in [0, 0.1) is 5.82 Å². The molecule has 0 bridgehead atoms. The smallest absolute Gasteiger partial charge is 0.251 e. The number of sulfonamides is 1. The van der Waals surface area contributed by atoms with Crippen LogP contribution in [0.5, 0.6) is 0 Å². The summed E-state index contributed by atoms with van der Waals surface area (Å²) in [7, 11) is 0.431. The van der Waals surface area contributed by atoms with E-state index in [2.05, 4.69) is 5.32 Å². The summed E-state index contributed by atoms with van der Waals surface area (Å²) >= 11 is 0. The molecule has 1 heterocycles. The molecule has 168 valence electrons. The second kappa shape index (κ2) is 10.1. The van der Waals surface area contributed by atoms with Gasteiger partial charge >= 0.3 is 0 Å². The van der Waals surface area contributed by atoms with E-state index in [9.17, 15) is 17.6 Å². The molecule has 1 N–H and O–H groups in total. The molecule has 3 rings (SSSR count). The van der Waals surface area contributed by atoms with Crippen LogP contribution in [0.25, 0.3) is 0 Å². The van der Waals surface area contributed by atoms with Crippen LogP contribution >= 0.6 is 0 Å². The summed E-state index contributed by atoms with van der Waals surface area (Å²) in [6, 6.07) is 13.7. The number of hydrogen-bond donors (Lipinski definition) is 1. The quantitative estimate of drug-likeness (QED) is 0.627. The lowest BCUT2D eigenvalue weighted by atomic mass is 10.2. The second-order valence-electron chi connectivity index (χ2n) is 7.70. The molecule has 7 nitrogen and oxygen atoms in total. The third-order valence-electron chi connectivity index (χ3n) is 5.34. The number of hydrogen-bond acceptors (Lipinski definition) is 5. The normalized spacial score (nSPS) is 15.0. The van der Waals surface area contributed by atoms with Crippen LogP contribution in [-0.4, -0.2) is 71.2 Å². The van der Waals surface area contributed by atoms with Crippen molar-refractivity contribution in [1.82, 2.24) is 9.62 Å². The van der Waals surface area contributed by atoms with E-state index in [1.165, 1.54) is 10.4 Å². The molecule has 1 fully saturated rings. The number of carbonyl (C=O) groups is 1. The molecule has 0 spiro atoms. The molecule has 1 amide bonds. The molecule has 0 aliphatic carbocycles. The molecular formula is C22H29FN4O3S. The molecule has 0 radical (unpaired) electrons. The van der Waals surface area contributed by atoms with Gasteiger partial charge in [0.2, 0.25) is 10.0 Å². The van der Waals surface area contributed by atoms with Crippen LogP contribution in [0.3, 0.4) is 0 Å². The Labute approximate surface area is 183 Å². The van der Waals surface area contributed by atoms with Crippen molar-refractivity contribution in [1.29, 1.82) is 0 Å². The summed E-state index contributed by atoms with van der Waals surface area (Å²) in [5.41, 5.74) is 2.04. The van der Waals surface area contributed by atoms with Gasteiger partial charge < -0.3 is 15.1 Å². The first-order chi connectivity index (χ1) is 14.8. The minimum Gasteiger partial charge on any atom is -0.378 e. The highest BCUT2D eigenvalue weighted by Crippen LogP contribution is 2.21. The third-order valence-corrected chi connectivity index (χ3v) is 7.29. The summed E-state index contributed by atoms with van der Waals surface area (Å²) in [5, 5.41) is 2.77. The lowest BCUT2D eigenvalue weighted by molar-refractivity contribution is 0.0953. The van der Waals surface area contributed by atoms with E-state index in [1.807, 2.05) is 36.0 Å². The van der Waals surface area contributed by atoms with E-state index in [0.717, 1.165) is 5.69 Å². The molecule has 1 aliphatic heterocycles. The molecule has 9 heteroatoms. The average molecular weight is 449 g/mol. The SMILES string of the molecule is CN(C)c1ccc(C(=O)NCCCS(=O)(=O)N2CCN(c3ccccc3F)CC2)cc1. The Balaban J connectivity index is 1.43. The minimum absolute atomic E-state index is 0.0352. The molecule has 1 saturated heterocycles. The summed E-state index contributed by atoms with van der Waals surface area (Å²) in [4.78, 5) is 16.0. The van der Waals surface area contributed by atoms with Crippen LogP contribution in [0.1, 0.15) is 16.8 Å². The van der Waals surface area contributed by atoms with Gasteiger partial charge in [0.25, 0.3) is 5.91 Å². The summed E-state index contributed by atoms with van der Waals surface area (Å²) < 4.78 is 40.6. The zero-order valence-electron chi connectivity index (χ0n) is 17.9. The number of rotatable bonds is 8. The molecule has 0 saturated carbocycles. The van der Waals surface area contributed by atoms with Gasteiger partial charge in [-0.3, -0.25) is 4.79 Å². The number of carbonyl (C=O) groups excluding carboxylic acids is 1. The first-order valence-corrected chi connectivity index (χ1v) is 11.9. The zero-order valence-corrected chi connectivity index (χ0v) is 18.7. The van der Waals surface area contributed by atoms with Crippen molar-refractivity contribution in [3.63, 3.8) is 0 Å². The minimum atomic E-state index is -3.42. The van der Waals surface area contributed by atoms with Crippen LogP contribution in [0.2, 0.25) is 0 Å². The van der Waals surface area contributed by atoms with Gasteiger partial charge in [-0.15, -0.1) is 0 Å². The predicted octanol–water partition coefficient (Wildman–Crippen LogP) is 2.16. The van der Waals surface area contributed by atoms with Crippen LogP contribution in [0.15, 0.2) is 48.5 Å². The third kappa shape index (κ3) is 5.95. The van der Waals surface area contributed by atoms with Crippen molar-refractivity contribution >= 4 is 27.3 Å². The van der Waals surface area contributed by atoms with E-state index in [-0.39, 0.29) is 24.0 Å². The van der Waals surface area contributed by atoms with Crippen molar-refractivity contribution in [3.8, 4) is 0 Å². The van der Waals surface area contributed by atoms with Gasteiger partial charge in [0.1, 0.15) is 5.82 Å². The lowest BCUT2D eigenvalue weighted by Gasteiger charge is -2.35. The van der Waals surface area contributed by atoms with Gasteiger partial charge in [0, 0.05) is 58.1 Å². The first-order valence-electron chi connectivity index (χ1n) is 10.3. The fourth-order valence-corrected chi connectivity index (χ4v) is 5.00. The van der Waals surface area contributed by atoms with Crippen LogP contribution in [0.4, 0.5) is 15.8 Å². The highest BCUT2D eigenvalue weighted by atomic mass is 32.2. The molecule has 31 heavy (non-hydrogen) atoms. The van der Waals surface area contributed by atoms with Gasteiger partial charge in [0.05, 0.1) is 11.4 Å². The summed E-state index contributed by atoms with van der Waals surface area (Å²) in [6.07, 6.45) is 0.331. The van der Waals surface area contributed by atoms with Gasteiger partial charge in [-0.2, -0.15) is 4.31 Å². The fourth-order valence-electron chi connectivity index (χ4n) is 3.51. The Morgan fingerprint density at radius 1 is 1.03 bits per heavy atom. The highest BCUT2D eigenvalue weighted by molar-refractivity contribution is 7.89. The number of benzene rings is 2. The molecule has 1 aliphatic rings. The number of nitrogens with one attached hydrogen (secondary N) is 1. The molecule has 0 aromatic heterocycles. The maximum atomic E-state index is 13.9. The zero-order chi connectivity index (χ0) is 22.4. The highest BCUT2D eigenvalue weighted by Gasteiger charge is 2.27. The second-order valence-corrected chi connectivity index (χ2v) is 9.79. The van der Waals surface area contributed by atoms with Crippen molar-refractivity contribution < 1.29 is 17.6 Å². The molecule has 2 aromatic carbocycles. The largest absolute Gasteiger partial charge is 0.378 e. The number of nitrogens with zero attached hydrogens (tertiary/aromatic N) is 3. The molecule has 2 aromatic rings.